The molecule has 0 radical (unpaired) electrons. The number of hydrogen-bond donors (Lipinski definition) is 0. The quantitative estimate of drug-likeness (QED) is 0.201. The van der Waals surface area contributed by atoms with Crippen molar-refractivity contribution in [2.45, 2.75) is 0 Å². The van der Waals surface area contributed by atoms with Gasteiger partial charge in [-0.1, -0.05) is 36.4 Å². The Kier molecular flexibility index (Phi) is 5.20. The number of rotatable bonds is 2. The van der Waals surface area contributed by atoms with Crippen LogP contribution in [0.2, 0.25) is 0 Å². The summed E-state index contributed by atoms with van der Waals surface area (Å²) < 4.78 is 6.71. The van der Waals surface area contributed by atoms with Gasteiger partial charge < -0.3 is 9.13 Å². The molecule has 0 spiro atoms. The molecule has 9 aromatic rings. The molecule has 0 unspecified atom stereocenters. The summed E-state index contributed by atoms with van der Waals surface area (Å²) in [5, 5.41) is 35.4. The zero-order valence-electron chi connectivity index (χ0n) is 23.6. The number of nitriles is 3. The molecule has 0 saturated carbocycles. The van der Waals surface area contributed by atoms with Crippen molar-refractivity contribution >= 4 is 75.1 Å². The highest BCUT2D eigenvalue weighted by Gasteiger charge is 2.18. The molecule has 6 aromatic carbocycles. The smallest absolute Gasteiger partial charge is 0.101 e. The van der Waals surface area contributed by atoms with E-state index in [9.17, 15) is 15.8 Å². The van der Waals surface area contributed by atoms with E-state index in [1.54, 1.807) is 11.3 Å². The molecule has 3 aromatic heterocycles. The van der Waals surface area contributed by atoms with Gasteiger partial charge in [0.25, 0.3) is 0 Å². The number of para-hydroxylation sites is 1. The van der Waals surface area contributed by atoms with E-state index in [0.29, 0.717) is 16.7 Å². The van der Waals surface area contributed by atoms with Gasteiger partial charge in [-0.3, -0.25) is 0 Å². The zero-order valence-corrected chi connectivity index (χ0v) is 24.4. The first-order valence-corrected chi connectivity index (χ1v) is 15.3. The van der Waals surface area contributed by atoms with E-state index in [1.807, 2.05) is 48.5 Å². The van der Waals surface area contributed by atoms with Gasteiger partial charge >= 0.3 is 0 Å². The first-order valence-electron chi connectivity index (χ1n) is 14.4. The SMILES string of the molecule is N#Cc1ccc2c(c1)c1cc(C#N)ccc1n2-c1cccc(-n2c3ccccc3c3cc4sc5c(C#N)cccc5c4cc32)c1. The van der Waals surface area contributed by atoms with Crippen molar-refractivity contribution < 1.29 is 0 Å². The van der Waals surface area contributed by atoms with Crippen molar-refractivity contribution in [2.75, 3.05) is 0 Å². The average molecular weight is 590 g/mol. The lowest BCUT2D eigenvalue weighted by Gasteiger charge is -2.13. The highest BCUT2D eigenvalue weighted by molar-refractivity contribution is 7.26. The monoisotopic (exact) mass is 589 g/mol. The van der Waals surface area contributed by atoms with Crippen LogP contribution in [0.5, 0.6) is 0 Å². The molecular formula is C39H19N5S. The second kappa shape index (κ2) is 9.30. The summed E-state index contributed by atoms with van der Waals surface area (Å²) in [4.78, 5) is 0. The van der Waals surface area contributed by atoms with Crippen molar-refractivity contribution in [3.8, 4) is 29.6 Å². The Morgan fingerprint density at radius 1 is 0.444 bits per heavy atom. The van der Waals surface area contributed by atoms with Gasteiger partial charge in [-0.15, -0.1) is 11.3 Å². The van der Waals surface area contributed by atoms with Gasteiger partial charge in [0.2, 0.25) is 0 Å². The number of hydrogen-bond acceptors (Lipinski definition) is 4. The van der Waals surface area contributed by atoms with Crippen LogP contribution >= 0.6 is 11.3 Å². The maximum Gasteiger partial charge on any atom is 0.101 e. The number of thiophene rings is 1. The van der Waals surface area contributed by atoms with Crippen LogP contribution in [0.15, 0.2) is 115 Å². The molecular weight excluding hydrogens is 571 g/mol. The maximum atomic E-state index is 9.75. The topological polar surface area (TPSA) is 81.2 Å². The van der Waals surface area contributed by atoms with Crippen molar-refractivity contribution in [1.82, 2.24) is 9.13 Å². The number of fused-ring (bicyclic) bond motifs is 9. The lowest BCUT2D eigenvalue weighted by molar-refractivity contribution is 1.13. The fraction of sp³-hybridized carbons (Fsp3) is 0. The molecule has 3 heterocycles. The standard InChI is InChI=1S/C39H19N5S/c40-20-23-11-13-35-30(15-23)31-16-24(21-41)12-14-36(31)43(35)26-6-4-7-27(17-26)44-34-10-2-1-8-28(34)32-19-38-33(18-37(32)44)29-9-3-5-25(22-42)39(29)45-38/h1-19H. The largest absolute Gasteiger partial charge is 0.309 e. The number of nitrogens with zero attached hydrogens (tertiary/aromatic N) is 5. The lowest BCUT2D eigenvalue weighted by atomic mass is 10.1. The van der Waals surface area contributed by atoms with E-state index < -0.39 is 0 Å². The minimum absolute atomic E-state index is 0.581. The normalized spacial score (nSPS) is 11.5. The minimum Gasteiger partial charge on any atom is -0.309 e. The Bertz CT molecular complexity index is 2790. The molecule has 9 rings (SSSR count). The average Bonchev–Trinajstić information content (AvgIpc) is 3.73. The molecule has 0 saturated heterocycles. The molecule has 0 N–H and O–H groups in total. The van der Waals surface area contributed by atoms with E-state index in [-0.39, 0.29) is 0 Å². The minimum atomic E-state index is 0.581. The fourth-order valence-corrected chi connectivity index (χ4v) is 8.02. The van der Waals surface area contributed by atoms with Gasteiger partial charge in [-0.25, -0.2) is 0 Å². The van der Waals surface area contributed by atoms with E-state index in [0.717, 1.165) is 64.4 Å². The third-order valence-electron chi connectivity index (χ3n) is 8.78. The van der Waals surface area contributed by atoms with E-state index >= 15 is 0 Å². The van der Waals surface area contributed by atoms with Gasteiger partial charge in [0, 0.05) is 48.4 Å². The molecule has 5 nitrogen and oxygen atoms in total. The predicted molar refractivity (Wildman–Crippen MR) is 182 cm³/mol. The molecule has 0 aliphatic heterocycles. The Morgan fingerprint density at radius 2 is 1.04 bits per heavy atom. The molecule has 0 amide bonds. The molecule has 0 atom stereocenters. The van der Waals surface area contributed by atoms with Gasteiger partial charge in [-0.2, -0.15) is 15.8 Å². The molecule has 0 fully saturated rings. The van der Waals surface area contributed by atoms with E-state index in [2.05, 4.69) is 94.1 Å². The zero-order chi connectivity index (χ0) is 30.2. The third kappa shape index (κ3) is 3.51. The van der Waals surface area contributed by atoms with Gasteiger partial charge in [0.1, 0.15) is 6.07 Å². The summed E-state index contributed by atoms with van der Waals surface area (Å²) in [5.41, 5.74) is 8.02. The van der Waals surface area contributed by atoms with E-state index in [4.69, 9.17) is 0 Å². The number of benzene rings is 6. The molecule has 0 bridgehead atoms. The maximum absolute atomic E-state index is 9.75. The highest BCUT2D eigenvalue weighted by Crippen LogP contribution is 2.42. The summed E-state index contributed by atoms with van der Waals surface area (Å²) in [6.45, 7) is 0. The summed E-state index contributed by atoms with van der Waals surface area (Å²) in [7, 11) is 0. The molecule has 6 heteroatoms. The van der Waals surface area contributed by atoms with Crippen LogP contribution < -0.4 is 0 Å². The van der Waals surface area contributed by atoms with Crippen LogP contribution in [0.1, 0.15) is 16.7 Å². The second-order valence-electron chi connectivity index (χ2n) is 11.2. The van der Waals surface area contributed by atoms with Crippen LogP contribution in [0, 0.1) is 34.0 Å². The summed E-state index contributed by atoms with van der Waals surface area (Å²) in [5.74, 6) is 0. The van der Waals surface area contributed by atoms with Crippen molar-refractivity contribution in [1.29, 1.82) is 15.8 Å². The first kappa shape index (κ1) is 25.1. The fourth-order valence-electron chi connectivity index (χ4n) is 6.84. The summed E-state index contributed by atoms with van der Waals surface area (Å²) in [6, 6.07) is 45.8. The molecule has 206 valence electrons. The first-order chi connectivity index (χ1) is 22.2. The van der Waals surface area contributed by atoms with E-state index in [1.165, 1.54) is 10.8 Å². The third-order valence-corrected chi connectivity index (χ3v) is 9.98. The lowest BCUT2D eigenvalue weighted by Crippen LogP contribution is -1.98. The summed E-state index contributed by atoms with van der Waals surface area (Å²) >= 11 is 1.67. The molecule has 0 aliphatic rings. The van der Waals surface area contributed by atoms with Crippen LogP contribution in [-0.2, 0) is 0 Å². The van der Waals surface area contributed by atoms with Crippen molar-refractivity contribution in [2.24, 2.45) is 0 Å². The van der Waals surface area contributed by atoms with Crippen molar-refractivity contribution in [3.05, 3.63) is 132 Å². The molecule has 45 heavy (non-hydrogen) atoms. The Balaban J connectivity index is 1.34. The van der Waals surface area contributed by atoms with Crippen LogP contribution in [0.4, 0.5) is 0 Å². The van der Waals surface area contributed by atoms with Crippen molar-refractivity contribution in [3.63, 3.8) is 0 Å². The van der Waals surface area contributed by atoms with Crippen LogP contribution in [0.25, 0.3) is 75.2 Å². The van der Waals surface area contributed by atoms with Gasteiger partial charge in [0.05, 0.1) is 55.6 Å². The number of aromatic nitrogens is 2. The predicted octanol–water partition coefficient (Wildman–Crippen LogP) is 9.86. The van der Waals surface area contributed by atoms with Gasteiger partial charge in [0.15, 0.2) is 0 Å². The van der Waals surface area contributed by atoms with Crippen LogP contribution in [0.3, 0.4) is 0 Å². The van der Waals surface area contributed by atoms with Crippen LogP contribution in [-0.4, -0.2) is 9.13 Å². The second-order valence-corrected chi connectivity index (χ2v) is 12.2. The molecule has 0 aliphatic carbocycles. The highest BCUT2D eigenvalue weighted by atomic mass is 32.1. The Morgan fingerprint density at radius 3 is 1.73 bits per heavy atom. The van der Waals surface area contributed by atoms with Gasteiger partial charge in [-0.05, 0) is 78.9 Å². The Labute approximate surface area is 260 Å². The Hall–Kier alpha value is -6.39. The summed E-state index contributed by atoms with van der Waals surface area (Å²) in [6.07, 6.45) is 0.